The maximum Gasteiger partial charge on any atom is 0.147 e. The third-order valence-corrected chi connectivity index (χ3v) is 2.30. The van der Waals surface area contributed by atoms with Crippen molar-refractivity contribution in [2.24, 2.45) is 5.92 Å². The summed E-state index contributed by atoms with van der Waals surface area (Å²) in [6, 6.07) is 0. The number of hydrogen-bond donors (Lipinski definition) is 0. The lowest BCUT2D eigenvalue weighted by molar-refractivity contribution is 0.133. The largest absolute Gasteiger partial charge is 0.495 e. The fourth-order valence-corrected chi connectivity index (χ4v) is 1.42. The standard InChI is InChI=1S/C12H16F2O/c1-8(2)11(14)5-10-4-9(3)7-15-12(10)6-13/h5,9H,1,4,6-7H2,2-3H3/b11-5+. The van der Waals surface area contributed by atoms with Crippen LogP contribution in [-0.2, 0) is 4.74 Å². The van der Waals surface area contributed by atoms with E-state index in [4.69, 9.17) is 4.74 Å². The van der Waals surface area contributed by atoms with Gasteiger partial charge in [0.2, 0.25) is 0 Å². The van der Waals surface area contributed by atoms with E-state index < -0.39 is 12.5 Å². The van der Waals surface area contributed by atoms with Gasteiger partial charge in [-0.15, -0.1) is 0 Å². The van der Waals surface area contributed by atoms with E-state index in [1.165, 1.54) is 6.08 Å². The topological polar surface area (TPSA) is 9.23 Å². The Labute approximate surface area is 89.1 Å². The summed E-state index contributed by atoms with van der Waals surface area (Å²) in [5.41, 5.74) is 0.954. The molecule has 0 radical (unpaired) electrons. The Bertz CT molecular complexity index is 316. The van der Waals surface area contributed by atoms with Gasteiger partial charge in [-0.3, -0.25) is 0 Å². The molecular weight excluding hydrogens is 198 g/mol. The molecule has 0 saturated carbocycles. The molecule has 0 fully saturated rings. The summed E-state index contributed by atoms with van der Waals surface area (Å²) in [7, 11) is 0. The molecule has 0 N–H and O–H groups in total. The third kappa shape index (κ3) is 3.18. The highest BCUT2D eigenvalue weighted by Gasteiger charge is 2.18. The summed E-state index contributed by atoms with van der Waals surface area (Å²) in [4.78, 5) is 0. The van der Waals surface area contributed by atoms with Crippen molar-refractivity contribution < 1.29 is 13.5 Å². The molecule has 0 saturated heterocycles. The van der Waals surface area contributed by atoms with Gasteiger partial charge in [-0.25, -0.2) is 8.78 Å². The van der Waals surface area contributed by atoms with Gasteiger partial charge < -0.3 is 4.74 Å². The van der Waals surface area contributed by atoms with Crippen LogP contribution in [0.1, 0.15) is 20.3 Å². The van der Waals surface area contributed by atoms with E-state index in [2.05, 4.69) is 6.58 Å². The Hall–Kier alpha value is -1.12. The average molecular weight is 214 g/mol. The first kappa shape index (κ1) is 12.0. The third-order valence-electron chi connectivity index (χ3n) is 2.30. The lowest BCUT2D eigenvalue weighted by Gasteiger charge is -2.22. The van der Waals surface area contributed by atoms with E-state index in [1.54, 1.807) is 6.92 Å². The Morgan fingerprint density at radius 2 is 2.33 bits per heavy atom. The molecule has 0 amide bonds. The predicted molar refractivity (Wildman–Crippen MR) is 56.7 cm³/mol. The number of halogens is 2. The number of alkyl halides is 1. The first-order valence-corrected chi connectivity index (χ1v) is 4.98. The van der Waals surface area contributed by atoms with Crippen molar-refractivity contribution >= 4 is 0 Å². The fraction of sp³-hybridized carbons (Fsp3) is 0.500. The van der Waals surface area contributed by atoms with E-state index in [0.717, 1.165) is 0 Å². The molecule has 0 bridgehead atoms. The number of ether oxygens (including phenoxy) is 1. The normalized spacial score (nSPS) is 22.7. The van der Waals surface area contributed by atoms with Crippen molar-refractivity contribution in [3.8, 4) is 0 Å². The SMILES string of the molecule is C=C(C)/C(F)=C\C1=C(CF)OCC(C)C1. The fourth-order valence-electron chi connectivity index (χ4n) is 1.42. The Kier molecular flexibility index (Phi) is 4.06. The summed E-state index contributed by atoms with van der Waals surface area (Å²) in [5, 5.41) is 0. The van der Waals surface area contributed by atoms with Crippen LogP contribution >= 0.6 is 0 Å². The number of rotatable bonds is 3. The molecule has 0 aromatic carbocycles. The molecule has 0 aliphatic carbocycles. The highest BCUT2D eigenvalue weighted by atomic mass is 19.1. The van der Waals surface area contributed by atoms with Gasteiger partial charge in [-0.2, -0.15) is 0 Å². The first-order valence-electron chi connectivity index (χ1n) is 4.98. The summed E-state index contributed by atoms with van der Waals surface area (Å²) >= 11 is 0. The average Bonchev–Trinajstić information content (AvgIpc) is 2.18. The van der Waals surface area contributed by atoms with Crippen molar-refractivity contribution in [2.75, 3.05) is 13.3 Å². The zero-order valence-corrected chi connectivity index (χ0v) is 9.15. The molecule has 1 aliphatic heterocycles. The smallest absolute Gasteiger partial charge is 0.147 e. The molecular formula is C12H16F2O. The lowest BCUT2D eigenvalue weighted by atomic mass is 9.97. The molecule has 15 heavy (non-hydrogen) atoms. The van der Waals surface area contributed by atoms with Crippen LogP contribution in [0.3, 0.4) is 0 Å². The molecule has 1 heterocycles. The van der Waals surface area contributed by atoms with Crippen LogP contribution in [0.25, 0.3) is 0 Å². The molecule has 1 atom stereocenters. The van der Waals surface area contributed by atoms with Crippen LogP contribution < -0.4 is 0 Å². The van der Waals surface area contributed by atoms with Crippen molar-refractivity contribution in [1.29, 1.82) is 0 Å². The molecule has 1 rings (SSSR count). The van der Waals surface area contributed by atoms with E-state index in [0.29, 0.717) is 30.1 Å². The van der Waals surface area contributed by atoms with Crippen molar-refractivity contribution in [1.82, 2.24) is 0 Å². The summed E-state index contributed by atoms with van der Waals surface area (Å²) < 4.78 is 31.0. The zero-order chi connectivity index (χ0) is 11.4. The van der Waals surface area contributed by atoms with E-state index in [-0.39, 0.29) is 5.76 Å². The minimum absolute atomic E-state index is 0.254. The molecule has 1 aliphatic rings. The van der Waals surface area contributed by atoms with Crippen LogP contribution in [0.15, 0.2) is 35.4 Å². The first-order chi connectivity index (χ1) is 7.04. The van der Waals surface area contributed by atoms with Gasteiger partial charge in [0.25, 0.3) is 0 Å². The number of hydrogen-bond acceptors (Lipinski definition) is 1. The second-order valence-electron chi connectivity index (χ2n) is 3.97. The van der Waals surface area contributed by atoms with Gasteiger partial charge in [0, 0.05) is 0 Å². The summed E-state index contributed by atoms with van der Waals surface area (Å²) in [5.74, 6) is 0.141. The molecule has 1 unspecified atom stereocenters. The van der Waals surface area contributed by atoms with Gasteiger partial charge >= 0.3 is 0 Å². The molecule has 3 heteroatoms. The van der Waals surface area contributed by atoms with Crippen LogP contribution in [0.4, 0.5) is 8.78 Å². The van der Waals surface area contributed by atoms with Gasteiger partial charge in [-0.1, -0.05) is 13.5 Å². The van der Waals surface area contributed by atoms with Gasteiger partial charge in [0.15, 0.2) is 0 Å². The highest BCUT2D eigenvalue weighted by Crippen LogP contribution is 2.26. The minimum Gasteiger partial charge on any atom is -0.495 e. The van der Waals surface area contributed by atoms with Crippen LogP contribution in [0, 0.1) is 5.92 Å². The molecule has 1 nitrogen and oxygen atoms in total. The van der Waals surface area contributed by atoms with Gasteiger partial charge in [0.05, 0.1) is 6.61 Å². The molecule has 0 aromatic rings. The Balaban J connectivity index is 2.93. The summed E-state index contributed by atoms with van der Waals surface area (Å²) in [6.45, 7) is 6.88. The second kappa shape index (κ2) is 5.10. The maximum atomic E-state index is 13.3. The van der Waals surface area contributed by atoms with Crippen LogP contribution in [-0.4, -0.2) is 13.3 Å². The summed E-state index contributed by atoms with van der Waals surface area (Å²) in [6.07, 6.45) is 1.98. The molecule has 0 spiro atoms. The predicted octanol–water partition coefficient (Wildman–Crippen LogP) is 3.70. The molecule has 0 aromatic heterocycles. The Morgan fingerprint density at radius 3 is 2.87 bits per heavy atom. The van der Waals surface area contributed by atoms with Crippen molar-refractivity contribution in [2.45, 2.75) is 20.3 Å². The van der Waals surface area contributed by atoms with Crippen molar-refractivity contribution in [3.05, 3.63) is 35.4 Å². The zero-order valence-electron chi connectivity index (χ0n) is 9.15. The maximum absolute atomic E-state index is 13.3. The van der Waals surface area contributed by atoms with Gasteiger partial charge in [0.1, 0.15) is 18.3 Å². The highest BCUT2D eigenvalue weighted by molar-refractivity contribution is 5.33. The van der Waals surface area contributed by atoms with Crippen molar-refractivity contribution in [3.63, 3.8) is 0 Å². The lowest BCUT2D eigenvalue weighted by Crippen LogP contribution is -2.15. The van der Waals surface area contributed by atoms with Crippen LogP contribution in [0.5, 0.6) is 0 Å². The quantitative estimate of drug-likeness (QED) is 0.651. The number of allylic oxidation sites excluding steroid dienone is 5. The monoisotopic (exact) mass is 214 g/mol. The second-order valence-corrected chi connectivity index (χ2v) is 3.97. The van der Waals surface area contributed by atoms with E-state index in [9.17, 15) is 8.78 Å². The van der Waals surface area contributed by atoms with E-state index in [1.807, 2.05) is 6.92 Å². The Morgan fingerprint density at radius 1 is 1.67 bits per heavy atom. The molecule has 84 valence electrons. The van der Waals surface area contributed by atoms with Crippen LogP contribution in [0.2, 0.25) is 0 Å². The van der Waals surface area contributed by atoms with Gasteiger partial charge in [-0.05, 0) is 36.5 Å². The van der Waals surface area contributed by atoms with E-state index >= 15 is 0 Å². The minimum atomic E-state index is -0.679.